The lowest BCUT2D eigenvalue weighted by molar-refractivity contribution is 0.100. The molecule has 0 saturated heterocycles. The monoisotopic (exact) mass is 262 g/mol. The molecule has 0 atom stereocenters. The van der Waals surface area contributed by atoms with E-state index in [2.05, 4.69) is 10.3 Å². The van der Waals surface area contributed by atoms with Crippen LogP contribution in [-0.2, 0) is 6.54 Å². The Labute approximate surface area is 109 Å². The van der Waals surface area contributed by atoms with Crippen molar-refractivity contribution in [2.75, 3.05) is 11.1 Å². The zero-order chi connectivity index (χ0) is 13.1. The fourth-order valence-corrected chi connectivity index (χ4v) is 2.39. The quantitative estimate of drug-likeness (QED) is 0.782. The number of nitrogens with one attached hydrogen (secondary N) is 1. The number of thiophene rings is 1. The first-order valence-electron chi connectivity index (χ1n) is 5.41. The summed E-state index contributed by atoms with van der Waals surface area (Å²) in [5.74, 6) is -0.500. The number of nitrogens with zero attached hydrogens (tertiary/aromatic N) is 1. The van der Waals surface area contributed by atoms with Gasteiger partial charge in [-0.25, -0.2) is 0 Å². The van der Waals surface area contributed by atoms with Crippen molar-refractivity contribution in [3.8, 4) is 0 Å². The van der Waals surface area contributed by atoms with E-state index in [0.29, 0.717) is 17.1 Å². The third-order valence-corrected chi connectivity index (χ3v) is 3.66. The normalized spacial score (nSPS) is 10.3. The van der Waals surface area contributed by atoms with Crippen molar-refractivity contribution in [2.24, 2.45) is 5.73 Å². The summed E-state index contributed by atoms with van der Waals surface area (Å²) in [5, 5.41) is 4.00. The van der Waals surface area contributed by atoms with Crippen LogP contribution in [0.4, 0.5) is 10.7 Å². The lowest BCUT2D eigenvalue weighted by Gasteiger charge is -2.05. The summed E-state index contributed by atoms with van der Waals surface area (Å²) in [6.07, 6.45) is 1.75. The minimum Gasteiger partial charge on any atom is -0.397 e. The number of pyridine rings is 1. The highest BCUT2D eigenvalue weighted by Crippen LogP contribution is 2.29. The number of nitrogens with two attached hydrogens (primary N) is 2. The molecule has 2 rings (SSSR count). The van der Waals surface area contributed by atoms with E-state index >= 15 is 0 Å². The first-order valence-corrected chi connectivity index (χ1v) is 6.23. The van der Waals surface area contributed by atoms with Gasteiger partial charge in [-0.05, 0) is 24.6 Å². The van der Waals surface area contributed by atoms with Gasteiger partial charge in [-0.2, -0.15) is 0 Å². The maximum atomic E-state index is 11.1. The van der Waals surface area contributed by atoms with Gasteiger partial charge in [0, 0.05) is 6.20 Å². The van der Waals surface area contributed by atoms with Gasteiger partial charge >= 0.3 is 0 Å². The standard InChI is InChI=1S/C12H14N4OS/c1-7-3-2-4-15-9(7)6-16-10-5-8(13)11(18-10)12(14)17/h2-5,16H,6,13H2,1H3,(H2,14,17). The second kappa shape index (κ2) is 5.05. The minimum absolute atomic E-state index is 0.384. The topological polar surface area (TPSA) is 94.0 Å². The van der Waals surface area contributed by atoms with E-state index in [1.807, 2.05) is 19.1 Å². The van der Waals surface area contributed by atoms with Crippen molar-refractivity contribution >= 4 is 27.9 Å². The number of rotatable bonds is 4. The van der Waals surface area contributed by atoms with Crippen LogP contribution in [0, 0.1) is 6.92 Å². The lowest BCUT2D eigenvalue weighted by Crippen LogP contribution is -2.10. The van der Waals surface area contributed by atoms with Crippen LogP contribution in [0.15, 0.2) is 24.4 Å². The molecule has 5 N–H and O–H groups in total. The average molecular weight is 262 g/mol. The van der Waals surface area contributed by atoms with Crippen molar-refractivity contribution in [3.63, 3.8) is 0 Å². The summed E-state index contributed by atoms with van der Waals surface area (Å²) in [4.78, 5) is 15.7. The number of primary amides is 1. The molecule has 94 valence electrons. The van der Waals surface area contributed by atoms with Gasteiger partial charge in [0.25, 0.3) is 5.91 Å². The van der Waals surface area contributed by atoms with Gasteiger partial charge in [0.1, 0.15) is 4.88 Å². The van der Waals surface area contributed by atoms with E-state index in [-0.39, 0.29) is 0 Å². The van der Waals surface area contributed by atoms with Crippen molar-refractivity contribution in [2.45, 2.75) is 13.5 Å². The Morgan fingerprint density at radius 3 is 2.94 bits per heavy atom. The Morgan fingerprint density at radius 2 is 2.33 bits per heavy atom. The highest BCUT2D eigenvalue weighted by molar-refractivity contribution is 7.18. The molecule has 0 radical (unpaired) electrons. The number of hydrogen-bond donors (Lipinski definition) is 3. The molecule has 0 aliphatic carbocycles. The minimum atomic E-state index is -0.500. The van der Waals surface area contributed by atoms with Crippen molar-refractivity contribution in [1.82, 2.24) is 4.98 Å². The van der Waals surface area contributed by atoms with Gasteiger partial charge in [-0.3, -0.25) is 9.78 Å². The molecule has 0 saturated carbocycles. The summed E-state index contributed by atoms with van der Waals surface area (Å²) in [6.45, 7) is 2.59. The number of nitrogen functional groups attached to an aromatic ring is 1. The number of aromatic nitrogens is 1. The maximum Gasteiger partial charge on any atom is 0.260 e. The van der Waals surface area contributed by atoms with Crippen LogP contribution in [0.3, 0.4) is 0 Å². The fourth-order valence-electron chi connectivity index (χ4n) is 1.56. The third-order valence-electron chi connectivity index (χ3n) is 2.53. The molecule has 1 amide bonds. The van der Waals surface area contributed by atoms with E-state index in [9.17, 15) is 4.79 Å². The molecule has 2 aromatic heterocycles. The van der Waals surface area contributed by atoms with Gasteiger partial charge in [0.15, 0.2) is 0 Å². The maximum absolute atomic E-state index is 11.1. The van der Waals surface area contributed by atoms with E-state index in [1.165, 1.54) is 11.3 Å². The van der Waals surface area contributed by atoms with Crippen LogP contribution in [-0.4, -0.2) is 10.9 Å². The van der Waals surface area contributed by atoms with Gasteiger partial charge in [0.2, 0.25) is 0 Å². The molecule has 5 nitrogen and oxygen atoms in total. The molecular formula is C12H14N4OS. The van der Waals surface area contributed by atoms with Crippen LogP contribution < -0.4 is 16.8 Å². The Bertz CT molecular complexity index is 579. The highest BCUT2D eigenvalue weighted by atomic mass is 32.1. The van der Waals surface area contributed by atoms with Crippen LogP contribution in [0.2, 0.25) is 0 Å². The molecule has 0 aromatic carbocycles. The molecule has 0 spiro atoms. The predicted molar refractivity (Wildman–Crippen MR) is 73.6 cm³/mol. The van der Waals surface area contributed by atoms with Crippen LogP contribution >= 0.6 is 11.3 Å². The molecule has 18 heavy (non-hydrogen) atoms. The van der Waals surface area contributed by atoms with E-state index in [4.69, 9.17) is 11.5 Å². The molecule has 6 heteroatoms. The summed E-state index contributed by atoms with van der Waals surface area (Å²) >= 11 is 1.25. The highest BCUT2D eigenvalue weighted by Gasteiger charge is 2.11. The number of carbonyl (C=O) groups excluding carboxylic acids is 1. The van der Waals surface area contributed by atoms with E-state index < -0.39 is 5.91 Å². The lowest BCUT2D eigenvalue weighted by atomic mass is 10.2. The molecule has 2 aromatic rings. The summed E-state index contributed by atoms with van der Waals surface area (Å²) in [7, 11) is 0. The second-order valence-electron chi connectivity index (χ2n) is 3.88. The number of amides is 1. The van der Waals surface area contributed by atoms with Crippen LogP contribution in [0.1, 0.15) is 20.9 Å². The smallest absolute Gasteiger partial charge is 0.260 e. The van der Waals surface area contributed by atoms with Gasteiger partial charge in [-0.1, -0.05) is 6.07 Å². The molecule has 0 bridgehead atoms. The largest absolute Gasteiger partial charge is 0.397 e. The van der Waals surface area contributed by atoms with E-state index in [1.54, 1.807) is 12.3 Å². The Morgan fingerprint density at radius 1 is 1.56 bits per heavy atom. The number of hydrogen-bond acceptors (Lipinski definition) is 5. The summed E-state index contributed by atoms with van der Waals surface area (Å²) in [6, 6.07) is 5.61. The molecule has 0 fully saturated rings. The number of aryl methyl sites for hydroxylation is 1. The zero-order valence-electron chi connectivity index (χ0n) is 9.93. The average Bonchev–Trinajstić information content (AvgIpc) is 2.70. The first-order chi connectivity index (χ1) is 8.58. The SMILES string of the molecule is Cc1cccnc1CNc1cc(N)c(C(N)=O)s1. The van der Waals surface area contributed by atoms with E-state index in [0.717, 1.165) is 16.3 Å². The fraction of sp³-hybridized carbons (Fsp3) is 0.167. The summed E-state index contributed by atoms with van der Waals surface area (Å²) in [5.41, 5.74) is 13.4. The first kappa shape index (κ1) is 12.4. The van der Waals surface area contributed by atoms with Crippen LogP contribution in [0.25, 0.3) is 0 Å². The van der Waals surface area contributed by atoms with Crippen LogP contribution in [0.5, 0.6) is 0 Å². The second-order valence-corrected chi connectivity index (χ2v) is 4.93. The van der Waals surface area contributed by atoms with Crippen molar-refractivity contribution < 1.29 is 4.79 Å². The number of anilines is 2. The Balaban J connectivity index is 2.09. The molecule has 0 aliphatic rings. The molecule has 0 aliphatic heterocycles. The Kier molecular flexibility index (Phi) is 3.47. The van der Waals surface area contributed by atoms with Gasteiger partial charge in [-0.15, -0.1) is 11.3 Å². The zero-order valence-corrected chi connectivity index (χ0v) is 10.8. The van der Waals surface area contributed by atoms with Crippen molar-refractivity contribution in [1.29, 1.82) is 0 Å². The summed E-state index contributed by atoms with van der Waals surface area (Å²) < 4.78 is 0. The van der Waals surface area contributed by atoms with Gasteiger partial charge in [0.05, 0.1) is 22.9 Å². The number of carbonyl (C=O) groups is 1. The molecule has 2 heterocycles. The van der Waals surface area contributed by atoms with Crippen molar-refractivity contribution in [3.05, 3.63) is 40.5 Å². The van der Waals surface area contributed by atoms with Gasteiger partial charge < -0.3 is 16.8 Å². The third kappa shape index (κ3) is 2.60. The Hall–Kier alpha value is -2.08. The molecular weight excluding hydrogens is 248 g/mol. The predicted octanol–water partition coefficient (Wildman–Crippen LogP) is 1.74. The molecule has 0 unspecified atom stereocenters.